The molecule has 17 heavy (non-hydrogen) atoms. The van der Waals surface area contributed by atoms with Gasteiger partial charge in [0.2, 0.25) is 0 Å². The number of allylic oxidation sites excluding steroid dienone is 1. The van der Waals surface area contributed by atoms with Crippen molar-refractivity contribution in [2.45, 2.75) is 65.2 Å². The summed E-state index contributed by atoms with van der Waals surface area (Å²) in [7, 11) is -2.38. The Balaban J connectivity index is 0. The fourth-order valence-electron chi connectivity index (χ4n) is 1.38. The van der Waals surface area contributed by atoms with Crippen LogP contribution >= 0.6 is 8.25 Å². The van der Waals surface area contributed by atoms with Gasteiger partial charge in [-0.1, -0.05) is 57.9 Å². The lowest BCUT2D eigenvalue weighted by Gasteiger charge is -1.98. The molecule has 0 aromatic carbocycles. The van der Waals surface area contributed by atoms with E-state index in [2.05, 4.69) is 18.0 Å². The Bertz CT molecular complexity index is 172. The van der Waals surface area contributed by atoms with Crippen LogP contribution in [0.25, 0.3) is 0 Å². The van der Waals surface area contributed by atoms with Crippen molar-refractivity contribution in [3.8, 4) is 0 Å². The summed E-state index contributed by atoms with van der Waals surface area (Å²) >= 11 is 0. The van der Waals surface area contributed by atoms with Gasteiger partial charge in [-0.25, -0.2) is 0 Å². The van der Waals surface area contributed by atoms with Gasteiger partial charge < -0.3 is 0 Å². The number of hydrogen-bond acceptors (Lipinski definition) is 2. The highest BCUT2D eigenvalue weighted by molar-refractivity contribution is 7.32. The Morgan fingerprint density at radius 2 is 1.53 bits per heavy atom. The third kappa shape index (κ3) is 25.8. The summed E-state index contributed by atoms with van der Waals surface area (Å²) in [5.41, 5.74) is 0. The fraction of sp³-hybridized carbons (Fsp3) is 0.846. The second kappa shape index (κ2) is 18.1. The molecule has 1 N–H and O–H groups in total. The van der Waals surface area contributed by atoms with Gasteiger partial charge in [0.1, 0.15) is 6.61 Å². The van der Waals surface area contributed by atoms with Crippen molar-refractivity contribution in [2.24, 2.45) is 0 Å². The summed E-state index contributed by atoms with van der Waals surface area (Å²) in [6.07, 6.45) is 11.6. The highest BCUT2D eigenvalue weighted by Crippen LogP contribution is 2.15. The van der Waals surface area contributed by atoms with Crippen LogP contribution in [0.1, 0.15) is 65.2 Å². The van der Waals surface area contributed by atoms with Crippen molar-refractivity contribution in [2.75, 3.05) is 6.61 Å². The smallest absolute Gasteiger partial charge is 0.133 e. The number of rotatable bonds is 10. The third-order valence-corrected chi connectivity index (χ3v) is 2.60. The molecular weight excluding hydrogens is 235 g/mol. The second-order valence-electron chi connectivity index (χ2n) is 3.95. The summed E-state index contributed by atoms with van der Waals surface area (Å²) in [5, 5.41) is 0. The molecule has 1 atom stereocenters. The maximum Gasteiger partial charge on any atom is 0.694 e. The van der Waals surface area contributed by atoms with E-state index in [1.807, 2.05) is 6.92 Å². The Hall–Kier alpha value is -0.240. The molecule has 0 rings (SSSR count). The van der Waals surface area contributed by atoms with Crippen LogP contribution in [-0.2, 0) is 9.09 Å². The Kier molecular flexibility index (Phi) is 20.4. The molecule has 0 aromatic rings. The quantitative estimate of drug-likeness (QED) is 0.343. The average molecular weight is 263 g/mol. The zero-order valence-electron chi connectivity index (χ0n) is 11.4. The zero-order chi connectivity index (χ0) is 13.4. The first-order chi connectivity index (χ1) is 8.18. The maximum atomic E-state index is 10.1. The summed E-state index contributed by atoms with van der Waals surface area (Å²) in [6.45, 7) is 7.88. The van der Waals surface area contributed by atoms with E-state index in [0.29, 0.717) is 6.61 Å². The van der Waals surface area contributed by atoms with Crippen molar-refractivity contribution in [3.63, 3.8) is 0 Å². The third-order valence-electron chi connectivity index (χ3n) is 2.20. The molecule has 0 aliphatic heterocycles. The highest BCUT2D eigenvalue weighted by atomic mass is 31.1. The van der Waals surface area contributed by atoms with E-state index in [1.54, 1.807) is 6.08 Å². The Morgan fingerprint density at radius 3 is 1.94 bits per heavy atom. The van der Waals surface area contributed by atoms with E-state index in [-0.39, 0.29) is 0 Å². The predicted molar refractivity (Wildman–Crippen MR) is 74.3 cm³/mol. The molecule has 1 unspecified atom stereocenters. The van der Waals surface area contributed by atoms with E-state index < -0.39 is 8.25 Å². The fourth-order valence-corrected chi connectivity index (χ4v) is 1.66. The van der Waals surface area contributed by atoms with Crippen LogP contribution in [0, 0.1) is 0 Å². The molecule has 0 heterocycles. The van der Waals surface area contributed by atoms with E-state index in [1.165, 1.54) is 38.5 Å². The first-order valence-electron chi connectivity index (χ1n) is 6.55. The van der Waals surface area contributed by atoms with Gasteiger partial charge in [-0.2, -0.15) is 0 Å². The molecule has 0 amide bonds. The topological polar surface area (TPSA) is 46.5 Å². The van der Waals surface area contributed by atoms with Gasteiger partial charge in [0, 0.05) is 4.57 Å². The van der Waals surface area contributed by atoms with E-state index >= 15 is 0 Å². The van der Waals surface area contributed by atoms with Crippen LogP contribution in [0.5, 0.6) is 0 Å². The minimum atomic E-state index is -2.38. The number of hydrogen-bond donors (Lipinski definition) is 1. The molecule has 0 aliphatic rings. The molecular formula is C13H28O3P+. The SMILES string of the molecule is C=CC.CCCCCCCCCCO[P+](=O)O. The molecule has 0 saturated carbocycles. The second-order valence-corrected chi connectivity index (χ2v) is 4.69. The van der Waals surface area contributed by atoms with Crippen LogP contribution < -0.4 is 0 Å². The monoisotopic (exact) mass is 263 g/mol. The van der Waals surface area contributed by atoms with Crippen LogP contribution in [0.4, 0.5) is 0 Å². The molecule has 0 saturated heterocycles. The Morgan fingerprint density at radius 1 is 1.12 bits per heavy atom. The van der Waals surface area contributed by atoms with E-state index in [4.69, 9.17) is 4.89 Å². The summed E-state index contributed by atoms with van der Waals surface area (Å²) in [5.74, 6) is 0. The molecule has 0 fully saturated rings. The van der Waals surface area contributed by atoms with Gasteiger partial charge >= 0.3 is 8.25 Å². The molecule has 0 aliphatic carbocycles. The predicted octanol–water partition coefficient (Wildman–Crippen LogP) is 4.99. The number of unbranched alkanes of at least 4 members (excludes halogenated alkanes) is 7. The molecule has 4 heteroatoms. The lowest BCUT2D eigenvalue weighted by atomic mass is 10.1. The van der Waals surface area contributed by atoms with Gasteiger partial charge in [-0.3, -0.25) is 0 Å². The van der Waals surface area contributed by atoms with Crippen LogP contribution in [-0.4, -0.2) is 11.5 Å². The summed E-state index contributed by atoms with van der Waals surface area (Å²) in [6, 6.07) is 0. The van der Waals surface area contributed by atoms with E-state index in [0.717, 1.165) is 12.8 Å². The summed E-state index contributed by atoms with van der Waals surface area (Å²) in [4.78, 5) is 8.34. The highest BCUT2D eigenvalue weighted by Gasteiger charge is 2.09. The molecule has 0 radical (unpaired) electrons. The Labute approximate surface area is 107 Å². The molecule has 0 bridgehead atoms. The van der Waals surface area contributed by atoms with E-state index in [9.17, 15) is 4.57 Å². The van der Waals surface area contributed by atoms with Crippen LogP contribution in [0.2, 0.25) is 0 Å². The normalized spacial score (nSPS) is 10.4. The van der Waals surface area contributed by atoms with Crippen molar-refractivity contribution >= 4 is 8.25 Å². The molecule has 0 spiro atoms. The van der Waals surface area contributed by atoms with Crippen molar-refractivity contribution in [1.29, 1.82) is 0 Å². The summed E-state index contributed by atoms with van der Waals surface area (Å²) < 4.78 is 14.7. The largest absolute Gasteiger partial charge is 0.694 e. The van der Waals surface area contributed by atoms with Gasteiger partial charge in [0.05, 0.1) is 0 Å². The van der Waals surface area contributed by atoms with Crippen molar-refractivity contribution < 1.29 is 14.0 Å². The molecule has 102 valence electrons. The standard InChI is InChI=1S/C10H21O3P.C3H6/c1-2-3-4-5-6-7-8-9-10-13-14(11)12;1-3-2/h2-10H2,1H3;3H,1H2,2H3/p+1. The van der Waals surface area contributed by atoms with Crippen molar-refractivity contribution in [1.82, 2.24) is 0 Å². The molecule has 3 nitrogen and oxygen atoms in total. The van der Waals surface area contributed by atoms with Crippen LogP contribution in [0.3, 0.4) is 0 Å². The van der Waals surface area contributed by atoms with Gasteiger partial charge in [0.25, 0.3) is 0 Å². The van der Waals surface area contributed by atoms with Crippen molar-refractivity contribution in [3.05, 3.63) is 12.7 Å². The van der Waals surface area contributed by atoms with Gasteiger partial charge in [0.15, 0.2) is 0 Å². The van der Waals surface area contributed by atoms with Gasteiger partial charge in [-0.15, -0.1) is 16.0 Å². The zero-order valence-corrected chi connectivity index (χ0v) is 12.3. The van der Waals surface area contributed by atoms with Crippen LogP contribution in [0.15, 0.2) is 12.7 Å². The van der Waals surface area contributed by atoms with Gasteiger partial charge in [-0.05, 0) is 13.3 Å². The first-order valence-corrected chi connectivity index (χ1v) is 7.68. The molecule has 0 aromatic heterocycles. The lowest BCUT2D eigenvalue weighted by molar-refractivity contribution is 0.273. The average Bonchev–Trinajstić information content (AvgIpc) is 2.27. The minimum Gasteiger partial charge on any atom is -0.133 e. The first kappa shape index (κ1) is 19.1. The minimum absolute atomic E-state index is 0.417. The maximum absolute atomic E-state index is 10.1. The lowest BCUT2D eigenvalue weighted by Crippen LogP contribution is -1.87.